The Morgan fingerprint density at radius 1 is 1.33 bits per heavy atom. The highest BCUT2D eigenvalue weighted by Gasteiger charge is 2.25. The predicted molar refractivity (Wildman–Crippen MR) is 83.9 cm³/mol. The molecule has 0 bridgehead atoms. The number of ether oxygens (including phenoxy) is 1. The van der Waals surface area contributed by atoms with Crippen LogP contribution in [0.5, 0.6) is 0 Å². The molecule has 0 saturated carbocycles. The van der Waals surface area contributed by atoms with E-state index in [2.05, 4.69) is 18.7 Å². The number of hydrogen-bond acceptors (Lipinski definition) is 4. The molecule has 1 aromatic heterocycles. The number of rotatable bonds is 5. The van der Waals surface area contributed by atoms with Gasteiger partial charge in [0.15, 0.2) is 0 Å². The van der Waals surface area contributed by atoms with E-state index in [4.69, 9.17) is 4.74 Å². The van der Waals surface area contributed by atoms with Gasteiger partial charge in [-0.05, 0) is 54.3 Å². The molecule has 1 aromatic rings. The second kappa shape index (κ2) is 6.43. The lowest BCUT2D eigenvalue weighted by molar-refractivity contribution is 0.0522. The molecule has 0 N–H and O–H groups in total. The Hall–Kier alpha value is -1.62. The first-order valence-electron chi connectivity index (χ1n) is 7.17. The largest absolute Gasteiger partial charge is 0.462 e. The third-order valence-corrected chi connectivity index (χ3v) is 4.00. The highest BCUT2D eigenvalue weighted by molar-refractivity contribution is 5.92. The molecule has 0 unspecified atom stereocenters. The molecule has 118 valence electrons. The first-order valence-corrected chi connectivity index (χ1v) is 7.17. The number of likely N-dealkylation sites (N-methyl/N-ethyl adjacent to an activating group) is 1. The number of nitrogens with zero attached hydrogens (tertiary/aromatic N) is 2. The summed E-state index contributed by atoms with van der Waals surface area (Å²) < 4.78 is 6.75. The highest BCUT2D eigenvalue weighted by atomic mass is 16.5. The van der Waals surface area contributed by atoms with Crippen molar-refractivity contribution in [3.63, 3.8) is 0 Å². The molecule has 0 atom stereocenters. The van der Waals surface area contributed by atoms with Crippen LogP contribution in [0.2, 0.25) is 0 Å². The maximum Gasteiger partial charge on any atom is 0.340 e. The smallest absolute Gasteiger partial charge is 0.340 e. The van der Waals surface area contributed by atoms with Crippen LogP contribution in [0.25, 0.3) is 0 Å². The molecule has 0 aliphatic carbocycles. The quantitative estimate of drug-likeness (QED) is 0.779. The summed E-state index contributed by atoms with van der Waals surface area (Å²) in [6.07, 6.45) is 0. The summed E-state index contributed by atoms with van der Waals surface area (Å²) >= 11 is 0. The summed E-state index contributed by atoms with van der Waals surface area (Å²) in [6.45, 7) is 10.3. The van der Waals surface area contributed by atoms with Gasteiger partial charge >= 0.3 is 5.97 Å². The molecule has 0 amide bonds. The predicted octanol–water partition coefficient (Wildman–Crippen LogP) is 1.98. The molecule has 5 nitrogen and oxygen atoms in total. The summed E-state index contributed by atoms with van der Waals surface area (Å²) in [7, 11) is 3.95. The molecule has 0 saturated heterocycles. The average molecular weight is 294 g/mol. The molecule has 0 aliphatic rings. The second-order valence-corrected chi connectivity index (χ2v) is 6.14. The Balaban J connectivity index is 3.38. The maximum absolute atomic E-state index is 12.3. The topological polar surface area (TPSA) is 51.5 Å². The number of esters is 1. The average Bonchev–Trinajstić information content (AvgIpc) is 2.34. The van der Waals surface area contributed by atoms with Gasteiger partial charge in [-0.3, -0.25) is 4.79 Å². The van der Waals surface area contributed by atoms with Crippen LogP contribution in [0.15, 0.2) is 10.9 Å². The zero-order chi connectivity index (χ0) is 16.4. The van der Waals surface area contributed by atoms with Crippen molar-refractivity contribution >= 4 is 5.97 Å². The van der Waals surface area contributed by atoms with Gasteiger partial charge in [-0.15, -0.1) is 0 Å². The van der Waals surface area contributed by atoms with E-state index in [0.29, 0.717) is 30.0 Å². The number of carbonyl (C=O) groups excluding carboxylic acids is 1. The van der Waals surface area contributed by atoms with Gasteiger partial charge in [0.2, 0.25) is 0 Å². The van der Waals surface area contributed by atoms with Crippen molar-refractivity contribution < 1.29 is 9.53 Å². The van der Waals surface area contributed by atoms with Crippen molar-refractivity contribution in [1.82, 2.24) is 9.47 Å². The van der Waals surface area contributed by atoms with Crippen LogP contribution >= 0.6 is 0 Å². The van der Waals surface area contributed by atoms with Crippen molar-refractivity contribution in [1.29, 1.82) is 0 Å². The van der Waals surface area contributed by atoms with Gasteiger partial charge in [-0.2, -0.15) is 0 Å². The Kier molecular flexibility index (Phi) is 5.34. The number of hydrogen-bond donors (Lipinski definition) is 0. The van der Waals surface area contributed by atoms with Gasteiger partial charge in [-0.25, -0.2) is 4.79 Å². The van der Waals surface area contributed by atoms with Gasteiger partial charge in [0.05, 0.1) is 12.2 Å². The van der Waals surface area contributed by atoms with E-state index in [1.165, 1.54) is 6.07 Å². The summed E-state index contributed by atoms with van der Waals surface area (Å²) in [5.74, 6) is -0.371. The van der Waals surface area contributed by atoms with E-state index in [9.17, 15) is 9.59 Å². The standard InChI is InChI=1S/C16H26N2O3/c1-8-21-15(20)14-11(2)9-13(19)18(12(14)3)10-16(4,5)17(6)7/h9H,8,10H2,1-7H3. The monoisotopic (exact) mass is 294 g/mol. The molecule has 0 aromatic carbocycles. The minimum atomic E-state index is -0.371. The molecule has 0 radical (unpaired) electrons. The zero-order valence-corrected chi connectivity index (χ0v) is 14.1. The van der Waals surface area contributed by atoms with Gasteiger partial charge in [0.1, 0.15) is 0 Å². The van der Waals surface area contributed by atoms with Crippen LogP contribution in [0.1, 0.15) is 42.4 Å². The van der Waals surface area contributed by atoms with Gasteiger partial charge < -0.3 is 14.2 Å². The van der Waals surface area contributed by atoms with Crippen molar-refractivity contribution in [2.24, 2.45) is 0 Å². The first kappa shape index (κ1) is 17.4. The third kappa shape index (κ3) is 3.73. The molecule has 1 heterocycles. The Labute approximate surface area is 126 Å². The number of pyridine rings is 1. The minimum absolute atomic E-state index is 0.0898. The Morgan fingerprint density at radius 3 is 2.38 bits per heavy atom. The molecular weight excluding hydrogens is 268 g/mol. The fraction of sp³-hybridized carbons (Fsp3) is 0.625. The number of aryl methyl sites for hydroxylation is 1. The van der Waals surface area contributed by atoms with Crippen molar-refractivity contribution in [2.75, 3.05) is 20.7 Å². The molecule has 5 heteroatoms. The number of carbonyl (C=O) groups is 1. The van der Waals surface area contributed by atoms with Gasteiger partial charge in [-0.1, -0.05) is 0 Å². The van der Waals surface area contributed by atoms with Gasteiger partial charge in [0.25, 0.3) is 5.56 Å². The summed E-state index contributed by atoms with van der Waals surface area (Å²) in [6, 6.07) is 1.50. The summed E-state index contributed by atoms with van der Waals surface area (Å²) in [5, 5.41) is 0. The van der Waals surface area contributed by atoms with Crippen LogP contribution in [0.3, 0.4) is 0 Å². The summed E-state index contributed by atoms with van der Waals surface area (Å²) in [5.41, 5.74) is 1.53. The number of aromatic nitrogens is 1. The Bertz CT molecular complexity index is 586. The summed E-state index contributed by atoms with van der Waals surface area (Å²) in [4.78, 5) is 26.4. The van der Waals surface area contributed by atoms with E-state index in [-0.39, 0.29) is 17.1 Å². The normalized spacial score (nSPS) is 11.8. The third-order valence-electron chi connectivity index (χ3n) is 4.00. The van der Waals surface area contributed by atoms with Crippen molar-refractivity contribution in [3.05, 3.63) is 33.2 Å². The van der Waals surface area contributed by atoms with E-state index in [1.54, 1.807) is 25.3 Å². The SMILES string of the molecule is CCOC(=O)c1c(C)cc(=O)n(CC(C)(C)N(C)C)c1C. The Morgan fingerprint density at radius 2 is 1.90 bits per heavy atom. The van der Waals surface area contributed by atoms with Crippen LogP contribution in [-0.2, 0) is 11.3 Å². The lowest BCUT2D eigenvalue weighted by Crippen LogP contribution is -2.45. The highest BCUT2D eigenvalue weighted by Crippen LogP contribution is 2.17. The minimum Gasteiger partial charge on any atom is -0.462 e. The molecule has 0 aliphatic heterocycles. The molecule has 0 spiro atoms. The lowest BCUT2D eigenvalue weighted by atomic mass is 10.0. The van der Waals surface area contributed by atoms with Crippen molar-refractivity contribution in [3.8, 4) is 0 Å². The molecule has 0 fully saturated rings. The van der Waals surface area contributed by atoms with Gasteiger partial charge in [0, 0.05) is 23.8 Å². The fourth-order valence-electron chi connectivity index (χ4n) is 2.16. The lowest BCUT2D eigenvalue weighted by Gasteiger charge is -2.34. The van der Waals surface area contributed by atoms with Crippen LogP contribution in [0.4, 0.5) is 0 Å². The van der Waals surface area contributed by atoms with Crippen molar-refractivity contribution in [2.45, 2.75) is 46.7 Å². The first-order chi connectivity index (χ1) is 9.61. The van der Waals surface area contributed by atoms with Crippen LogP contribution < -0.4 is 5.56 Å². The zero-order valence-electron chi connectivity index (χ0n) is 14.1. The fourth-order valence-corrected chi connectivity index (χ4v) is 2.16. The van der Waals surface area contributed by atoms with Crippen LogP contribution in [-0.4, -0.2) is 41.7 Å². The van der Waals surface area contributed by atoms with Crippen LogP contribution in [0, 0.1) is 13.8 Å². The van der Waals surface area contributed by atoms with E-state index < -0.39 is 0 Å². The maximum atomic E-state index is 12.3. The van der Waals surface area contributed by atoms with E-state index >= 15 is 0 Å². The van der Waals surface area contributed by atoms with E-state index in [0.717, 1.165) is 0 Å². The van der Waals surface area contributed by atoms with E-state index in [1.807, 2.05) is 14.1 Å². The molecule has 21 heavy (non-hydrogen) atoms. The molecular formula is C16H26N2O3. The molecule has 1 rings (SSSR count). The second-order valence-electron chi connectivity index (χ2n) is 6.14.